The van der Waals surface area contributed by atoms with Crippen molar-refractivity contribution in [3.8, 4) is 0 Å². The molecule has 3 N–H and O–H groups in total. The van der Waals surface area contributed by atoms with Gasteiger partial charge in [0.05, 0.1) is 5.69 Å². The first-order valence-electron chi connectivity index (χ1n) is 12.8. The Hall–Kier alpha value is -3.11. The molecule has 0 spiro atoms. The zero-order valence-electron chi connectivity index (χ0n) is 21.0. The molecule has 2 aliphatic rings. The van der Waals surface area contributed by atoms with Crippen LogP contribution in [0.1, 0.15) is 44.7 Å². The number of nitrogens with zero attached hydrogens (tertiary/aromatic N) is 5. The molecule has 5 rings (SSSR count). The highest BCUT2D eigenvalue weighted by Gasteiger charge is 2.27. The normalized spacial score (nSPS) is 16.9. The number of carbonyl (C=O) groups excluding carboxylic acids is 1. The highest BCUT2D eigenvalue weighted by molar-refractivity contribution is 7.99. The Morgan fingerprint density at radius 3 is 2.50 bits per heavy atom. The smallest absolute Gasteiger partial charge is 0.224 e. The van der Waals surface area contributed by atoms with Gasteiger partial charge < -0.3 is 20.4 Å². The lowest BCUT2D eigenvalue weighted by Crippen LogP contribution is -2.44. The monoisotopic (exact) mass is 506 g/mol. The minimum atomic E-state index is 0.00435. The maximum Gasteiger partial charge on any atom is 0.224 e. The largest absolute Gasteiger partial charge is 0.356 e. The highest BCUT2D eigenvalue weighted by atomic mass is 32.2. The summed E-state index contributed by atoms with van der Waals surface area (Å²) in [5.41, 5.74) is 1.71. The molecule has 2 aliphatic heterocycles. The van der Waals surface area contributed by atoms with Crippen molar-refractivity contribution in [2.24, 2.45) is 0 Å². The predicted molar refractivity (Wildman–Crippen MR) is 144 cm³/mol. The number of aryl methyl sites for hydroxylation is 1. The molecule has 0 aliphatic carbocycles. The van der Waals surface area contributed by atoms with E-state index in [0.717, 1.165) is 46.8 Å². The molecule has 2 saturated heterocycles. The minimum Gasteiger partial charge on any atom is -0.356 e. The second kappa shape index (κ2) is 11.3. The first-order chi connectivity index (χ1) is 17.6. The van der Waals surface area contributed by atoms with Gasteiger partial charge in [0.2, 0.25) is 5.91 Å². The van der Waals surface area contributed by atoms with E-state index in [9.17, 15) is 4.79 Å². The van der Waals surface area contributed by atoms with Gasteiger partial charge in [-0.1, -0.05) is 6.92 Å². The van der Waals surface area contributed by atoms with Crippen LogP contribution < -0.4 is 15.5 Å². The van der Waals surface area contributed by atoms with Gasteiger partial charge in [-0.3, -0.25) is 9.89 Å². The van der Waals surface area contributed by atoms with Gasteiger partial charge in [0.1, 0.15) is 17.5 Å². The van der Waals surface area contributed by atoms with E-state index in [0.29, 0.717) is 17.6 Å². The molecule has 3 aromatic rings. The Kier molecular flexibility index (Phi) is 7.72. The third-order valence-corrected chi connectivity index (χ3v) is 7.65. The van der Waals surface area contributed by atoms with Crippen LogP contribution in [0.2, 0.25) is 0 Å². The second-order valence-electron chi connectivity index (χ2n) is 9.43. The van der Waals surface area contributed by atoms with Crippen molar-refractivity contribution in [3.05, 3.63) is 42.1 Å². The average molecular weight is 507 g/mol. The van der Waals surface area contributed by atoms with E-state index in [-0.39, 0.29) is 5.91 Å². The highest BCUT2D eigenvalue weighted by Crippen LogP contribution is 2.31. The molecule has 0 radical (unpaired) electrons. The fourth-order valence-corrected chi connectivity index (χ4v) is 5.60. The van der Waals surface area contributed by atoms with Gasteiger partial charge in [-0.25, -0.2) is 9.97 Å². The van der Waals surface area contributed by atoms with Crippen molar-refractivity contribution in [2.45, 2.75) is 62.0 Å². The summed E-state index contributed by atoms with van der Waals surface area (Å²) in [6.07, 6.45) is 5.46. The number of aromatic nitrogens is 4. The molecule has 0 bridgehead atoms. The SMILES string of the molecule is CCC(=O)Nc1ccc(Sc2nc(Nc3cc(C)n[nH]3)cc(N3CCC(N4CCCC4)CC3)n2)cc1. The van der Waals surface area contributed by atoms with E-state index < -0.39 is 0 Å². The fraction of sp³-hybridized carbons (Fsp3) is 0.462. The van der Waals surface area contributed by atoms with Crippen molar-refractivity contribution < 1.29 is 4.79 Å². The summed E-state index contributed by atoms with van der Waals surface area (Å²) in [4.78, 5) is 27.4. The molecule has 2 fully saturated rings. The summed E-state index contributed by atoms with van der Waals surface area (Å²) < 4.78 is 0. The molecule has 0 saturated carbocycles. The van der Waals surface area contributed by atoms with Crippen molar-refractivity contribution in [2.75, 3.05) is 41.7 Å². The summed E-state index contributed by atoms with van der Waals surface area (Å²) in [6.45, 7) is 8.28. The lowest BCUT2D eigenvalue weighted by molar-refractivity contribution is -0.115. The molecule has 2 aromatic heterocycles. The van der Waals surface area contributed by atoms with E-state index in [1.807, 2.05) is 50.2 Å². The number of H-pyrrole nitrogens is 1. The number of hydrogen-bond acceptors (Lipinski definition) is 8. The molecule has 9 nitrogen and oxygen atoms in total. The molecule has 10 heteroatoms. The molecule has 0 unspecified atom stereocenters. The molecular weight excluding hydrogens is 472 g/mol. The molecule has 190 valence electrons. The van der Waals surface area contributed by atoms with Crippen LogP contribution in [0.3, 0.4) is 0 Å². The van der Waals surface area contributed by atoms with Gasteiger partial charge in [-0.15, -0.1) is 0 Å². The number of rotatable bonds is 8. The molecule has 4 heterocycles. The zero-order chi connectivity index (χ0) is 24.9. The van der Waals surface area contributed by atoms with E-state index in [1.54, 1.807) is 0 Å². The topological polar surface area (TPSA) is 102 Å². The number of nitrogens with one attached hydrogen (secondary N) is 3. The lowest BCUT2D eigenvalue weighted by Gasteiger charge is -2.37. The molecular formula is C26H34N8OS. The number of benzene rings is 1. The Morgan fingerprint density at radius 1 is 1.08 bits per heavy atom. The standard InChI is InChI=1S/C26H34N8OS/c1-3-25(35)27-19-6-8-21(9-7-19)36-26-29-22(28-23-16-18(2)31-32-23)17-24(30-26)34-14-10-20(11-15-34)33-12-4-5-13-33/h6-9,16-17,20H,3-5,10-15H2,1-2H3,(H,27,35)(H2,28,29,30,31,32). The lowest BCUT2D eigenvalue weighted by atomic mass is 10.0. The molecule has 1 aromatic carbocycles. The van der Waals surface area contributed by atoms with Crippen LogP contribution >= 0.6 is 11.8 Å². The van der Waals surface area contributed by atoms with Gasteiger partial charge in [0, 0.05) is 48.3 Å². The van der Waals surface area contributed by atoms with Crippen LogP contribution in [0.15, 0.2) is 46.5 Å². The summed E-state index contributed by atoms with van der Waals surface area (Å²) >= 11 is 1.51. The molecule has 36 heavy (non-hydrogen) atoms. The minimum absolute atomic E-state index is 0.00435. The van der Waals surface area contributed by atoms with Gasteiger partial charge in [-0.2, -0.15) is 5.10 Å². The van der Waals surface area contributed by atoms with Crippen LogP contribution in [0, 0.1) is 6.92 Å². The Balaban J connectivity index is 1.33. The summed E-state index contributed by atoms with van der Waals surface area (Å²) in [7, 11) is 0. The number of carbonyl (C=O) groups is 1. The molecule has 0 atom stereocenters. The second-order valence-corrected chi connectivity index (χ2v) is 10.5. The summed E-state index contributed by atoms with van der Waals surface area (Å²) in [5, 5.41) is 14.1. The Labute approximate surface area is 216 Å². The van der Waals surface area contributed by atoms with Crippen LogP contribution in [-0.2, 0) is 4.79 Å². The van der Waals surface area contributed by atoms with Gasteiger partial charge in [0.25, 0.3) is 0 Å². The molecule has 1 amide bonds. The summed E-state index contributed by atoms with van der Waals surface area (Å²) in [5.74, 6) is 2.49. The van der Waals surface area contributed by atoms with Crippen molar-refractivity contribution in [1.82, 2.24) is 25.1 Å². The van der Waals surface area contributed by atoms with Crippen LogP contribution in [0.4, 0.5) is 23.1 Å². The fourth-order valence-electron chi connectivity index (χ4n) is 4.84. The van der Waals surface area contributed by atoms with Crippen LogP contribution in [0.5, 0.6) is 0 Å². The predicted octanol–water partition coefficient (Wildman–Crippen LogP) is 4.82. The number of piperidine rings is 1. The number of amides is 1. The number of hydrogen-bond donors (Lipinski definition) is 3. The van der Waals surface area contributed by atoms with Gasteiger partial charge in [-0.05, 0) is 81.7 Å². The average Bonchev–Trinajstić information content (AvgIpc) is 3.57. The van der Waals surface area contributed by atoms with E-state index >= 15 is 0 Å². The maximum absolute atomic E-state index is 11.7. The summed E-state index contributed by atoms with van der Waals surface area (Å²) in [6, 6.07) is 12.5. The van der Waals surface area contributed by atoms with Gasteiger partial charge in [0.15, 0.2) is 5.16 Å². The van der Waals surface area contributed by atoms with Crippen LogP contribution in [-0.4, -0.2) is 63.2 Å². The van der Waals surface area contributed by atoms with Crippen molar-refractivity contribution >= 4 is 40.8 Å². The van der Waals surface area contributed by atoms with Crippen molar-refractivity contribution in [1.29, 1.82) is 0 Å². The van der Waals surface area contributed by atoms with E-state index in [4.69, 9.17) is 9.97 Å². The Bertz CT molecular complexity index is 1170. The van der Waals surface area contributed by atoms with E-state index in [2.05, 4.69) is 30.6 Å². The zero-order valence-corrected chi connectivity index (χ0v) is 21.8. The number of anilines is 4. The van der Waals surface area contributed by atoms with Crippen LogP contribution in [0.25, 0.3) is 0 Å². The number of aromatic amines is 1. The quantitative estimate of drug-likeness (QED) is 0.374. The number of likely N-dealkylation sites (tertiary alicyclic amines) is 1. The third kappa shape index (κ3) is 6.17. The van der Waals surface area contributed by atoms with Crippen molar-refractivity contribution in [3.63, 3.8) is 0 Å². The first kappa shape index (κ1) is 24.6. The first-order valence-corrected chi connectivity index (χ1v) is 13.6. The van der Waals surface area contributed by atoms with Gasteiger partial charge >= 0.3 is 0 Å². The van der Waals surface area contributed by atoms with E-state index in [1.165, 1.54) is 50.5 Å². The Morgan fingerprint density at radius 2 is 1.83 bits per heavy atom. The third-order valence-electron chi connectivity index (χ3n) is 6.77. The maximum atomic E-state index is 11.7.